The van der Waals surface area contributed by atoms with Crippen molar-refractivity contribution in [1.82, 2.24) is 20.4 Å². The molecule has 0 atom stereocenters. The Balaban J connectivity index is 1.37. The number of fused-ring (bicyclic) bond motifs is 1. The first kappa shape index (κ1) is 18.4. The number of aromatic nitrogens is 4. The van der Waals surface area contributed by atoms with Crippen molar-refractivity contribution in [2.24, 2.45) is 0 Å². The SMILES string of the molecule is O=C(Nc1ccc(C2CCCC2)cc1)c1cc(-c2ccc3n[nH]nc3n2)ccc1F. The highest BCUT2D eigenvalue weighted by Crippen LogP contribution is 2.34. The molecule has 0 spiro atoms. The standard InChI is InChI=1S/C23H20FN5O/c24-19-10-7-16(20-11-12-21-22(26-20)28-29-27-21)13-18(19)23(30)25-17-8-5-15(6-9-17)14-3-1-2-4-14/h5-14H,1-4H2,(H,25,30)(H,26,27,28,29). The molecular weight excluding hydrogens is 381 g/mol. The lowest BCUT2D eigenvalue weighted by Gasteiger charge is -2.11. The van der Waals surface area contributed by atoms with E-state index in [0.717, 1.165) is 0 Å². The number of H-pyrrole nitrogens is 1. The second-order valence-corrected chi connectivity index (χ2v) is 7.61. The Kier molecular flexibility index (Phi) is 4.71. The van der Waals surface area contributed by atoms with Gasteiger partial charge in [-0.05, 0) is 66.8 Å². The maximum Gasteiger partial charge on any atom is 0.258 e. The van der Waals surface area contributed by atoms with Crippen molar-refractivity contribution in [3.05, 3.63) is 71.5 Å². The van der Waals surface area contributed by atoms with Crippen molar-refractivity contribution < 1.29 is 9.18 Å². The molecular formula is C23H20FN5O. The Morgan fingerprint density at radius 3 is 2.60 bits per heavy atom. The number of rotatable bonds is 4. The van der Waals surface area contributed by atoms with Crippen LogP contribution in [0.25, 0.3) is 22.4 Å². The third kappa shape index (κ3) is 3.54. The second kappa shape index (κ2) is 7.67. The summed E-state index contributed by atoms with van der Waals surface area (Å²) >= 11 is 0. The third-order valence-electron chi connectivity index (χ3n) is 5.68. The number of aromatic amines is 1. The highest BCUT2D eigenvalue weighted by molar-refractivity contribution is 6.05. The summed E-state index contributed by atoms with van der Waals surface area (Å²) < 4.78 is 14.4. The van der Waals surface area contributed by atoms with E-state index in [1.54, 1.807) is 18.2 Å². The molecule has 0 aliphatic heterocycles. The van der Waals surface area contributed by atoms with E-state index in [1.807, 2.05) is 12.1 Å². The van der Waals surface area contributed by atoms with Gasteiger partial charge in [-0.15, -0.1) is 5.10 Å². The van der Waals surface area contributed by atoms with E-state index in [2.05, 4.69) is 37.8 Å². The van der Waals surface area contributed by atoms with Gasteiger partial charge in [-0.3, -0.25) is 4.79 Å². The Morgan fingerprint density at radius 2 is 1.80 bits per heavy atom. The molecule has 1 fully saturated rings. The van der Waals surface area contributed by atoms with Gasteiger partial charge in [0.1, 0.15) is 11.3 Å². The van der Waals surface area contributed by atoms with E-state index in [-0.39, 0.29) is 5.56 Å². The topological polar surface area (TPSA) is 83.6 Å². The van der Waals surface area contributed by atoms with Gasteiger partial charge in [0, 0.05) is 11.3 Å². The van der Waals surface area contributed by atoms with Gasteiger partial charge in [0.25, 0.3) is 5.91 Å². The summed E-state index contributed by atoms with van der Waals surface area (Å²) in [5, 5.41) is 13.3. The molecule has 2 aromatic carbocycles. The number of nitrogens with zero attached hydrogens (tertiary/aromatic N) is 3. The molecule has 0 saturated heterocycles. The second-order valence-electron chi connectivity index (χ2n) is 7.61. The average molecular weight is 401 g/mol. The number of halogens is 1. The highest BCUT2D eigenvalue weighted by Gasteiger charge is 2.18. The van der Waals surface area contributed by atoms with Gasteiger partial charge in [0.2, 0.25) is 5.65 Å². The monoisotopic (exact) mass is 401 g/mol. The molecule has 150 valence electrons. The van der Waals surface area contributed by atoms with E-state index >= 15 is 0 Å². The highest BCUT2D eigenvalue weighted by atomic mass is 19.1. The average Bonchev–Trinajstić information content (AvgIpc) is 3.46. The summed E-state index contributed by atoms with van der Waals surface area (Å²) in [5.41, 5.74) is 4.23. The number of pyridine rings is 1. The summed E-state index contributed by atoms with van der Waals surface area (Å²) in [6.07, 6.45) is 4.99. The maximum atomic E-state index is 14.4. The molecule has 4 aromatic rings. The Morgan fingerprint density at radius 1 is 1.00 bits per heavy atom. The lowest BCUT2D eigenvalue weighted by molar-refractivity contribution is 0.102. The summed E-state index contributed by atoms with van der Waals surface area (Å²) in [6, 6.07) is 15.8. The zero-order valence-electron chi connectivity index (χ0n) is 16.2. The van der Waals surface area contributed by atoms with Gasteiger partial charge < -0.3 is 5.32 Å². The van der Waals surface area contributed by atoms with Crippen molar-refractivity contribution in [1.29, 1.82) is 0 Å². The molecule has 7 heteroatoms. The first-order valence-corrected chi connectivity index (χ1v) is 10.1. The summed E-state index contributed by atoms with van der Waals surface area (Å²) in [5.74, 6) is -0.467. The van der Waals surface area contributed by atoms with Crippen molar-refractivity contribution in [3.63, 3.8) is 0 Å². The van der Waals surface area contributed by atoms with Crippen molar-refractivity contribution in [2.45, 2.75) is 31.6 Å². The molecule has 1 amide bonds. The number of hydrogen-bond donors (Lipinski definition) is 2. The fourth-order valence-electron chi connectivity index (χ4n) is 4.05. The molecule has 2 aromatic heterocycles. The smallest absolute Gasteiger partial charge is 0.258 e. The van der Waals surface area contributed by atoms with Crippen LogP contribution in [-0.4, -0.2) is 26.3 Å². The van der Waals surface area contributed by atoms with Gasteiger partial charge >= 0.3 is 0 Å². The first-order valence-electron chi connectivity index (χ1n) is 10.1. The van der Waals surface area contributed by atoms with E-state index in [9.17, 15) is 9.18 Å². The number of anilines is 1. The van der Waals surface area contributed by atoms with Crippen LogP contribution in [0.4, 0.5) is 10.1 Å². The number of amides is 1. The predicted molar refractivity (Wildman–Crippen MR) is 113 cm³/mol. The summed E-state index contributed by atoms with van der Waals surface area (Å²) in [4.78, 5) is 17.1. The zero-order valence-corrected chi connectivity index (χ0v) is 16.2. The minimum absolute atomic E-state index is 0.0329. The largest absolute Gasteiger partial charge is 0.322 e. The number of benzene rings is 2. The van der Waals surface area contributed by atoms with Gasteiger partial charge in [0.05, 0.1) is 11.3 Å². The van der Waals surface area contributed by atoms with E-state index in [0.29, 0.717) is 34.0 Å². The minimum atomic E-state index is -0.582. The van der Waals surface area contributed by atoms with E-state index in [4.69, 9.17) is 0 Å². The van der Waals surface area contributed by atoms with Crippen LogP contribution in [0, 0.1) is 5.82 Å². The van der Waals surface area contributed by atoms with Crippen LogP contribution in [-0.2, 0) is 0 Å². The maximum absolute atomic E-state index is 14.4. The quantitative estimate of drug-likeness (QED) is 0.500. The van der Waals surface area contributed by atoms with Crippen LogP contribution in [0.15, 0.2) is 54.6 Å². The van der Waals surface area contributed by atoms with Gasteiger partial charge in [-0.25, -0.2) is 9.37 Å². The lowest BCUT2D eigenvalue weighted by Crippen LogP contribution is -2.14. The van der Waals surface area contributed by atoms with Crippen LogP contribution in [0.1, 0.15) is 47.5 Å². The fraction of sp³-hybridized carbons (Fsp3) is 0.217. The van der Waals surface area contributed by atoms with Crippen molar-refractivity contribution in [2.75, 3.05) is 5.32 Å². The number of hydrogen-bond acceptors (Lipinski definition) is 4. The third-order valence-corrected chi connectivity index (χ3v) is 5.68. The summed E-state index contributed by atoms with van der Waals surface area (Å²) in [6.45, 7) is 0. The summed E-state index contributed by atoms with van der Waals surface area (Å²) in [7, 11) is 0. The Bertz CT molecular complexity index is 1210. The Hall–Kier alpha value is -3.61. The molecule has 2 N–H and O–H groups in total. The molecule has 6 nitrogen and oxygen atoms in total. The number of carbonyl (C=O) groups is 1. The molecule has 5 rings (SSSR count). The normalized spacial score (nSPS) is 14.3. The molecule has 0 unspecified atom stereocenters. The van der Waals surface area contributed by atoms with Crippen LogP contribution in [0.3, 0.4) is 0 Å². The molecule has 30 heavy (non-hydrogen) atoms. The molecule has 1 saturated carbocycles. The molecule has 1 aliphatic carbocycles. The van der Waals surface area contributed by atoms with Gasteiger partial charge in [0.15, 0.2) is 0 Å². The first-order chi connectivity index (χ1) is 14.7. The molecule has 0 bridgehead atoms. The van der Waals surface area contributed by atoms with Crippen LogP contribution in [0.5, 0.6) is 0 Å². The van der Waals surface area contributed by atoms with Gasteiger partial charge in [-0.2, -0.15) is 10.3 Å². The lowest BCUT2D eigenvalue weighted by atomic mass is 9.97. The number of carbonyl (C=O) groups excluding carboxylic acids is 1. The minimum Gasteiger partial charge on any atom is -0.322 e. The van der Waals surface area contributed by atoms with E-state index < -0.39 is 11.7 Å². The van der Waals surface area contributed by atoms with Crippen LogP contribution >= 0.6 is 0 Å². The van der Waals surface area contributed by atoms with E-state index in [1.165, 1.54) is 43.4 Å². The van der Waals surface area contributed by atoms with Crippen LogP contribution < -0.4 is 5.32 Å². The van der Waals surface area contributed by atoms with Gasteiger partial charge in [-0.1, -0.05) is 25.0 Å². The molecule has 1 aliphatic rings. The Labute approximate surface area is 172 Å². The molecule has 2 heterocycles. The predicted octanol–water partition coefficient (Wildman–Crippen LogP) is 5.07. The number of nitrogens with one attached hydrogen (secondary N) is 2. The van der Waals surface area contributed by atoms with Crippen molar-refractivity contribution in [3.8, 4) is 11.3 Å². The van der Waals surface area contributed by atoms with Crippen molar-refractivity contribution >= 4 is 22.8 Å². The fourth-order valence-corrected chi connectivity index (χ4v) is 4.05. The zero-order chi connectivity index (χ0) is 20.5. The van der Waals surface area contributed by atoms with Crippen LogP contribution in [0.2, 0.25) is 0 Å². The molecule has 0 radical (unpaired) electrons.